The van der Waals surface area contributed by atoms with E-state index in [1.165, 1.54) is 32.1 Å². The molecule has 2 rings (SSSR count). The summed E-state index contributed by atoms with van der Waals surface area (Å²) in [6.07, 6.45) is 9.45. The van der Waals surface area contributed by atoms with Crippen molar-refractivity contribution in [1.82, 2.24) is 5.32 Å². The molecule has 2 unspecified atom stereocenters. The van der Waals surface area contributed by atoms with Crippen molar-refractivity contribution in [3.05, 3.63) is 0 Å². The van der Waals surface area contributed by atoms with Crippen LogP contribution in [0.2, 0.25) is 0 Å². The van der Waals surface area contributed by atoms with E-state index in [0.29, 0.717) is 0 Å². The highest BCUT2D eigenvalue weighted by Crippen LogP contribution is 2.39. The maximum Gasteiger partial charge on any atom is 0.223 e. The summed E-state index contributed by atoms with van der Waals surface area (Å²) < 4.78 is 0. The zero-order valence-electron chi connectivity index (χ0n) is 11.9. The Kier molecular flexibility index (Phi) is 4.31. The van der Waals surface area contributed by atoms with Gasteiger partial charge in [-0.2, -0.15) is 0 Å². The largest absolute Gasteiger partial charge is 0.352 e. The minimum absolute atomic E-state index is 0.0667. The van der Waals surface area contributed by atoms with Gasteiger partial charge in [-0.15, -0.1) is 0 Å². The number of hydrogen-bond donors (Lipinski definition) is 2. The number of rotatable bonds is 2. The van der Waals surface area contributed by atoms with Crippen LogP contribution in [0.15, 0.2) is 0 Å². The molecule has 3 nitrogen and oxygen atoms in total. The fraction of sp³-hybridized carbons (Fsp3) is 0.933. The molecule has 0 saturated heterocycles. The molecule has 3 N–H and O–H groups in total. The smallest absolute Gasteiger partial charge is 0.223 e. The van der Waals surface area contributed by atoms with Crippen LogP contribution in [0.5, 0.6) is 0 Å². The van der Waals surface area contributed by atoms with Crippen molar-refractivity contribution in [3.63, 3.8) is 0 Å². The molecule has 0 heterocycles. The molecule has 2 aliphatic rings. The Hall–Kier alpha value is -0.570. The fourth-order valence-electron chi connectivity index (χ4n) is 3.21. The third kappa shape index (κ3) is 2.87. The van der Waals surface area contributed by atoms with Gasteiger partial charge in [0.15, 0.2) is 0 Å². The van der Waals surface area contributed by atoms with Crippen molar-refractivity contribution in [1.29, 1.82) is 0 Å². The van der Waals surface area contributed by atoms with Crippen LogP contribution in [0.4, 0.5) is 0 Å². The predicted octanol–water partition coefficient (Wildman–Crippen LogP) is 2.59. The topological polar surface area (TPSA) is 55.1 Å². The lowest BCUT2D eigenvalue weighted by atomic mass is 9.63. The van der Waals surface area contributed by atoms with Crippen molar-refractivity contribution in [2.45, 2.75) is 77.3 Å². The van der Waals surface area contributed by atoms with Crippen molar-refractivity contribution in [2.24, 2.45) is 17.1 Å². The highest BCUT2D eigenvalue weighted by molar-refractivity contribution is 5.79. The highest BCUT2D eigenvalue weighted by Gasteiger charge is 2.47. The Balaban J connectivity index is 1.83. The molecule has 104 valence electrons. The Morgan fingerprint density at radius 2 is 1.67 bits per heavy atom. The molecule has 0 spiro atoms. The molecule has 0 aromatic carbocycles. The van der Waals surface area contributed by atoms with E-state index in [-0.39, 0.29) is 29.3 Å². The van der Waals surface area contributed by atoms with Crippen LogP contribution in [-0.2, 0) is 4.79 Å². The molecule has 18 heavy (non-hydrogen) atoms. The van der Waals surface area contributed by atoms with Gasteiger partial charge in [0.2, 0.25) is 5.91 Å². The van der Waals surface area contributed by atoms with Gasteiger partial charge in [-0.05, 0) is 19.3 Å². The summed E-state index contributed by atoms with van der Waals surface area (Å²) in [4.78, 5) is 12.3. The molecule has 3 heteroatoms. The summed E-state index contributed by atoms with van der Waals surface area (Å²) in [7, 11) is 0. The number of carbonyl (C=O) groups is 1. The summed E-state index contributed by atoms with van der Waals surface area (Å²) in [6, 6.07) is 0.519. The molecular weight excluding hydrogens is 224 g/mol. The molecule has 0 radical (unpaired) electrons. The molecule has 2 saturated carbocycles. The zero-order valence-corrected chi connectivity index (χ0v) is 11.9. The van der Waals surface area contributed by atoms with Crippen LogP contribution in [0.3, 0.4) is 0 Å². The minimum Gasteiger partial charge on any atom is -0.352 e. The van der Waals surface area contributed by atoms with Gasteiger partial charge in [0.1, 0.15) is 0 Å². The quantitative estimate of drug-likeness (QED) is 0.793. The number of amides is 1. The fourth-order valence-corrected chi connectivity index (χ4v) is 3.21. The van der Waals surface area contributed by atoms with Crippen LogP contribution in [0.1, 0.15) is 65.2 Å². The number of nitrogens with two attached hydrogens (primary N) is 1. The number of carbonyl (C=O) groups excluding carboxylic acids is 1. The van der Waals surface area contributed by atoms with Gasteiger partial charge in [0.25, 0.3) is 0 Å². The Labute approximate surface area is 111 Å². The van der Waals surface area contributed by atoms with E-state index < -0.39 is 0 Å². The summed E-state index contributed by atoms with van der Waals surface area (Å²) in [6.45, 7) is 4.31. The lowest BCUT2D eigenvalue weighted by molar-refractivity contribution is -0.129. The number of nitrogens with one attached hydrogen (secondary N) is 1. The van der Waals surface area contributed by atoms with E-state index >= 15 is 0 Å². The summed E-state index contributed by atoms with van der Waals surface area (Å²) >= 11 is 0. The molecule has 0 aromatic rings. The first-order valence-electron chi connectivity index (χ1n) is 7.58. The first-order valence-corrected chi connectivity index (χ1v) is 7.58. The van der Waals surface area contributed by atoms with Gasteiger partial charge in [-0.3, -0.25) is 4.79 Å². The lowest BCUT2D eigenvalue weighted by Crippen LogP contribution is -2.65. The molecule has 2 atom stereocenters. The summed E-state index contributed by atoms with van der Waals surface area (Å²) in [5, 5.41) is 3.24. The van der Waals surface area contributed by atoms with E-state index in [1.807, 2.05) is 0 Å². The van der Waals surface area contributed by atoms with Crippen LogP contribution >= 0.6 is 0 Å². The molecular formula is C15H28N2O. The first-order chi connectivity index (χ1) is 8.51. The van der Waals surface area contributed by atoms with E-state index in [4.69, 9.17) is 5.73 Å². The second-order valence-electron chi connectivity index (χ2n) is 6.77. The van der Waals surface area contributed by atoms with Gasteiger partial charge >= 0.3 is 0 Å². The lowest BCUT2D eigenvalue weighted by Gasteiger charge is -2.50. The predicted molar refractivity (Wildman–Crippen MR) is 74.1 cm³/mol. The van der Waals surface area contributed by atoms with E-state index in [0.717, 1.165) is 19.3 Å². The van der Waals surface area contributed by atoms with Crippen LogP contribution < -0.4 is 11.1 Å². The monoisotopic (exact) mass is 252 g/mol. The maximum absolute atomic E-state index is 12.3. The standard InChI is InChI=1S/C15H28N2O/c1-15(2)12(16)10-13(15)17-14(18)11-8-6-4-3-5-7-9-11/h11-13H,3-10,16H2,1-2H3,(H,17,18). The van der Waals surface area contributed by atoms with Crippen LogP contribution in [0.25, 0.3) is 0 Å². The molecule has 0 aromatic heterocycles. The van der Waals surface area contributed by atoms with Gasteiger partial charge in [-0.1, -0.05) is 46.0 Å². The molecule has 2 fully saturated rings. The Morgan fingerprint density at radius 3 is 2.17 bits per heavy atom. The van der Waals surface area contributed by atoms with Crippen molar-refractivity contribution in [3.8, 4) is 0 Å². The third-order valence-electron chi connectivity index (χ3n) is 5.14. The van der Waals surface area contributed by atoms with Crippen LogP contribution in [0, 0.1) is 11.3 Å². The maximum atomic E-state index is 12.3. The van der Waals surface area contributed by atoms with Crippen LogP contribution in [-0.4, -0.2) is 18.0 Å². The molecule has 0 bridgehead atoms. The average molecular weight is 252 g/mol. The summed E-state index contributed by atoms with van der Waals surface area (Å²) in [5.74, 6) is 0.528. The average Bonchev–Trinajstić information content (AvgIpc) is 2.28. The van der Waals surface area contributed by atoms with E-state index in [9.17, 15) is 4.79 Å². The first kappa shape index (κ1) is 13.9. The summed E-state index contributed by atoms with van der Waals surface area (Å²) in [5.41, 5.74) is 6.06. The normalized spacial score (nSPS) is 33.1. The van der Waals surface area contributed by atoms with Crippen molar-refractivity contribution < 1.29 is 4.79 Å². The molecule has 0 aliphatic heterocycles. The molecule has 2 aliphatic carbocycles. The molecule has 1 amide bonds. The zero-order chi connectivity index (χ0) is 13.2. The third-order valence-corrected chi connectivity index (χ3v) is 5.14. The Bertz CT molecular complexity index is 293. The SMILES string of the molecule is CC1(C)C(N)CC1NC(=O)C1CCCCCCC1. The second kappa shape index (κ2) is 5.60. The minimum atomic E-state index is 0.0667. The highest BCUT2D eigenvalue weighted by atomic mass is 16.2. The van der Waals surface area contributed by atoms with Gasteiger partial charge in [-0.25, -0.2) is 0 Å². The van der Waals surface area contributed by atoms with Gasteiger partial charge in [0.05, 0.1) is 0 Å². The van der Waals surface area contributed by atoms with Gasteiger partial charge in [0, 0.05) is 23.4 Å². The number of hydrogen-bond acceptors (Lipinski definition) is 2. The van der Waals surface area contributed by atoms with E-state index in [1.54, 1.807) is 0 Å². The van der Waals surface area contributed by atoms with Crippen molar-refractivity contribution >= 4 is 5.91 Å². The van der Waals surface area contributed by atoms with Gasteiger partial charge < -0.3 is 11.1 Å². The van der Waals surface area contributed by atoms with Crippen molar-refractivity contribution in [2.75, 3.05) is 0 Å². The Morgan fingerprint density at radius 1 is 1.11 bits per heavy atom. The van der Waals surface area contributed by atoms with E-state index in [2.05, 4.69) is 19.2 Å². The second-order valence-corrected chi connectivity index (χ2v) is 6.77.